The van der Waals surface area contributed by atoms with Crippen molar-refractivity contribution in [3.8, 4) is 5.75 Å². The Hall–Kier alpha value is -1.07. The summed E-state index contributed by atoms with van der Waals surface area (Å²) in [5.74, 6) is 0.923. The zero-order valence-corrected chi connectivity index (χ0v) is 14.6. The van der Waals surface area contributed by atoms with Crippen LogP contribution in [0.25, 0.3) is 0 Å². The molecule has 0 fully saturated rings. The van der Waals surface area contributed by atoms with Crippen LogP contribution in [0, 0.1) is 5.92 Å². The summed E-state index contributed by atoms with van der Waals surface area (Å²) in [5, 5.41) is 12.6. The van der Waals surface area contributed by atoms with Crippen molar-refractivity contribution in [2.45, 2.75) is 46.3 Å². The average molecular weight is 358 g/mol. The maximum atomic E-state index is 12.0. The summed E-state index contributed by atoms with van der Waals surface area (Å²) in [4.78, 5) is 12.0. The van der Waals surface area contributed by atoms with Crippen molar-refractivity contribution in [2.24, 2.45) is 5.92 Å². The minimum atomic E-state index is -0.649. The highest BCUT2D eigenvalue weighted by molar-refractivity contribution is 9.10. The van der Waals surface area contributed by atoms with E-state index in [0.717, 1.165) is 10.9 Å². The number of aliphatic hydroxyl groups excluding tert-OH is 1. The Kier molecular flexibility index (Phi) is 7.18. The second-order valence-electron chi connectivity index (χ2n) is 5.59. The largest absolute Gasteiger partial charge is 0.480 e. The van der Waals surface area contributed by atoms with Crippen molar-refractivity contribution in [3.05, 3.63) is 28.2 Å². The Bertz CT molecular complexity index is 475. The van der Waals surface area contributed by atoms with E-state index in [1.165, 1.54) is 0 Å². The normalized spacial score (nSPS) is 13.9. The second kappa shape index (κ2) is 8.39. The van der Waals surface area contributed by atoms with E-state index in [2.05, 4.69) is 35.1 Å². The number of amides is 1. The highest BCUT2D eigenvalue weighted by Gasteiger charge is 2.18. The monoisotopic (exact) mass is 357 g/mol. The molecule has 0 heterocycles. The van der Waals surface area contributed by atoms with Gasteiger partial charge in [-0.2, -0.15) is 0 Å². The fourth-order valence-corrected chi connectivity index (χ4v) is 2.17. The fourth-order valence-electron chi connectivity index (χ4n) is 1.83. The summed E-state index contributed by atoms with van der Waals surface area (Å²) in [6.07, 6.45) is -0.317. The maximum Gasteiger partial charge on any atom is 0.260 e. The lowest BCUT2D eigenvalue weighted by Gasteiger charge is -2.19. The van der Waals surface area contributed by atoms with Crippen LogP contribution in [0.15, 0.2) is 22.7 Å². The number of nitrogens with one attached hydrogen (secondary N) is 1. The Morgan fingerprint density at radius 3 is 2.57 bits per heavy atom. The van der Waals surface area contributed by atoms with Gasteiger partial charge in [0.1, 0.15) is 5.75 Å². The van der Waals surface area contributed by atoms with E-state index in [1.807, 2.05) is 6.07 Å². The van der Waals surface area contributed by atoms with E-state index in [-0.39, 0.29) is 5.91 Å². The van der Waals surface area contributed by atoms with Crippen molar-refractivity contribution in [3.63, 3.8) is 0 Å². The molecule has 0 aliphatic carbocycles. The van der Waals surface area contributed by atoms with Gasteiger partial charge in [-0.05, 0) is 38.3 Å². The van der Waals surface area contributed by atoms with Crippen LogP contribution in [0.2, 0.25) is 0 Å². The number of rotatable bonds is 7. The molecule has 0 saturated carbocycles. The number of aliphatic hydroxyl groups is 1. The molecule has 0 aliphatic heterocycles. The van der Waals surface area contributed by atoms with Crippen LogP contribution < -0.4 is 10.1 Å². The summed E-state index contributed by atoms with van der Waals surface area (Å²) in [6.45, 7) is 8.25. The average Bonchev–Trinajstić information content (AvgIpc) is 2.37. The summed E-state index contributed by atoms with van der Waals surface area (Å²) in [6, 6.07) is 5.38. The van der Waals surface area contributed by atoms with E-state index < -0.39 is 12.2 Å². The fraction of sp³-hybridized carbons (Fsp3) is 0.562. The number of hydrogen-bond donors (Lipinski definition) is 2. The minimum Gasteiger partial charge on any atom is -0.480 e. The molecule has 0 saturated heterocycles. The molecule has 1 unspecified atom stereocenters. The molecule has 0 aliphatic rings. The van der Waals surface area contributed by atoms with E-state index in [1.54, 1.807) is 26.0 Å². The summed E-state index contributed by atoms with van der Waals surface area (Å²) in [7, 11) is 0. The van der Waals surface area contributed by atoms with Gasteiger partial charge in [-0.1, -0.05) is 35.8 Å². The molecule has 1 aromatic rings. The first-order valence-corrected chi connectivity index (χ1v) is 8.02. The Morgan fingerprint density at radius 2 is 2.00 bits per heavy atom. The minimum absolute atomic E-state index is 0.146. The van der Waals surface area contributed by atoms with Gasteiger partial charge >= 0.3 is 0 Å². The Balaban J connectivity index is 2.67. The quantitative estimate of drug-likeness (QED) is 0.785. The molecule has 4 nitrogen and oxygen atoms in total. The number of ether oxygens (including phenoxy) is 1. The summed E-state index contributed by atoms with van der Waals surface area (Å²) in [5.41, 5.74) is 0.667. The first-order chi connectivity index (χ1) is 9.81. The lowest BCUT2D eigenvalue weighted by atomic mass is 10.1. The molecule has 5 heteroatoms. The second-order valence-corrected chi connectivity index (χ2v) is 6.51. The number of hydrogen-bond acceptors (Lipinski definition) is 3. The Labute approximate surface area is 135 Å². The lowest BCUT2D eigenvalue weighted by Crippen LogP contribution is -2.37. The molecule has 0 spiro atoms. The van der Waals surface area contributed by atoms with E-state index >= 15 is 0 Å². The van der Waals surface area contributed by atoms with Gasteiger partial charge in [-0.3, -0.25) is 4.79 Å². The summed E-state index contributed by atoms with van der Waals surface area (Å²) >= 11 is 3.37. The van der Waals surface area contributed by atoms with Crippen molar-refractivity contribution in [1.82, 2.24) is 5.32 Å². The molecule has 0 radical (unpaired) electrons. The van der Waals surface area contributed by atoms with Crippen LogP contribution in [0.5, 0.6) is 5.75 Å². The van der Waals surface area contributed by atoms with Gasteiger partial charge in [0.2, 0.25) is 0 Å². The van der Waals surface area contributed by atoms with Crippen LogP contribution in [0.4, 0.5) is 0 Å². The number of carbonyl (C=O) groups is 1. The molecule has 2 N–H and O–H groups in total. The first-order valence-electron chi connectivity index (χ1n) is 7.23. The molecule has 1 rings (SSSR count). The first kappa shape index (κ1) is 18.0. The van der Waals surface area contributed by atoms with Crippen molar-refractivity contribution < 1.29 is 14.6 Å². The number of carbonyl (C=O) groups excluding carboxylic acids is 1. The predicted octanol–water partition coefficient (Wildman–Crippen LogP) is 3.43. The van der Waals surface area contributed by atoms with Crippen molar-refractivity contribution in [1.29, 1.82) is 0 Å². The maximum absolute atomic E-state index is 12.0. The molecule has 2 atom stereocenters. The SMILES string of the molecule is CC(C)CCNC(=O)C(C)Oc1cc(Br)ccc1[C@@H](C)O. The van der Waals surface area contributed by atoms with Crippen LogP contribution >= 0.6 is 15.9 Å². The topological polar surface area (TPSA) is 58.6 Å². The van der Waals surface area contributed by atoms with Crippen LogP contribution in [-0.2, 0) is 4.79 Å². The molecular formula is C16H24BrNO3. The van der Waals surface area contributed by atoms with Gasteiger partial charge in [0.25, 0.3) is 5.91 Å². The predicted molar refractivity (Wildman–Crippen MR) is 87.3 cm³/mol. The molecule has 21 heavy (non-hydrogen) atoms. The molecular weight excluding hydrogens is 334 g/mol. The highest BCUT2D eigenvalue weighted by atomic mass is 79.9. The molecule has 1 aromatic carbocycles. The van der Waals surface area contributed by atoms with Gasteiger partial charge in [0.15, 0.2) is 6.10 Å². The zero-order valence-electron chi connectivity index (χ0n) is 13.0. The highest BCUT2D eigenvalue weighted by Crippen LogP contribution is 2.29. The smallest absolute Gasteiger partial charge is 0.260 e. The van der Waals surface area contributed by atoms with Crippen LogP contribution in [-0.4, -0.2) is 23.7 Å². The van der Waals surface area contributed by atoms with Gasteiger partial charge in [0.05, 0.1) is 6.10 Å². The third-order valence-electron chi connectivity index (χ3n) is 3.12. The molecule has 0 bridgehead atoms. The van der Waals surface area contributed by atoms with Crippen LogP contribution in [0.1, 0.15) is 45.8 Å². The van der Waals surface area contributed by atoms with Crippen LogP contribution in [0.3, 0.4) is 0 Å². The lowest BCUT2D eigenvalue weighted by molar-refractivity contribution is -0.127. The van der Waals surface area contributed by atoms with E-state index in [4.69, 9.17) is 4.74 Å². The molecule has 118 valence electrons. The van der Waals surface area contributed by atoms with Crippen molar-refractivity contribution in [2.75, 3.05) is 6.54 Å². The van der Waals surface area contributed by atoms with Gasteiger partial charge in [-0.25, -0.2) is 0 Å². The molecule has 1 amide bonds. The molecule has 0 aromatic heterocycles. The van der Waals surface area contributed by atoms with Gasteiger partial charge < -0.3 is 15.2 Å². The number of benzene rings is 1. The number of halogens is 1. The van der Waals surface area contributed by atoms with E-state index in [9.17, 15) is 9.90 Å². The standard InChI is InChI=1S/C16H24BrNO3/c1-10(2)7-8-18-16(20)12(4)21-15-9-13(17)5-6-14(15)11(3)19/h5-6,9-12,19H,7-8H2,1-4H3,(H,18,20)/t11-,12?/m1/s1. The van der Waals surface area contributed by atoms with E-state index in [0.29, 0.717) is 23.8 Å². The Morgan fingerprint density at radius 1 is 1.33 bits per heavy atom. The zero-order chi connectivity index (χ0) is 16.0. The van der Waals surface area contributed by atoms with Gasteiger partial charge in [0, 0.05) is 16.6 Å². The summed E-state index contributed by atoms with van der Waals surface area (Å²) < 4.78 is 6.55. The third-order valence-corrected chi connectivity index (χ3v) is 3.61. The van der Waals surface area contributed by atoms with Crippen molar-refractivity contribution >= 4 is 21.8 Å². The third kappa shape index (κ3) is 6.06. The van der Waals surface area contributed by atoms with Gasteiger partial charge in [-0.15, -0.1) is 0 Å².